The maximum atomic E-state index is 12.1. The van der Waals surface area contributed by atoms with E-state index in [4.69, 9.17) is 34.8 Å². The minimum Gasteiger partial charge on any atom is -0.355 e. The second kappa shape index (κ2) is 6.66. The van der Waals surface area contributed by atoms with Gasteiger partial charge in [0.05, 0.1) is 20.6 Å². The molecule has 110 valence electrons. The van der Waals surface area contributed by atoms with E-state index in [0.29, 0.717) is 20.6 Å². The van der Waals surface area contributed by atoms with Gasteiger partial charge in [-0.1, -0.05) is 34.8 Å². The number of nitrogens with one attached hydrogen (secondary N) is 2. The number of anilines is 1. The predicted molar refractivity (Wildman–Crippen MR) is 87.1 cm³/mol. The van der Waals surface area contributed by atoms with E-state index >= 15 is 0 Å². The highest BCUT2D eigenvalue weighted by atomic mass is 35.5. The lowest BCUT2D eigenvalue weighted by atomic mass is 10.2. The van der Waals surface area contributed by atoms with Gasteiger partial charge in [0.1, 0.15) is 4.34 Å². The number of hydrogen-bond acceptors (Lipinski definition) is 3. The minimum absolute atomic E-state index is 0.257. The Labute approximate surface area is 140 Å². The molecule has 2 N–H and O–H groups in total. The zero-order valence-electron chi connectivity index (χ0n) is 10.7. The third-order valence-electron chi connectivity index (χ3n) is 2.61. The number of rotatable bonds is 3. The van der Waals surface area contributed by atoms with Crippen LogP contribution in [0.5, 0.6) is 0 Å². The zero-order chi connectivity index (χ0) is 15.6. The van der Waals surface area contributed by atoms with Crippen LogP contribution in [0.3, 0.4) is 0 Å². The fraction of sp³-hybridized carbons (Fsp3) is 0.0769. The highest BCUT2D eigenvalue weighted by Crippen LogP contribution is 2.32. The molecule has 1 aromatic carbocycles. The van der Waals surface area contributed by atoms with Crippen molar-refractivity contribution in [2.24, 2.45) is 0 Å². The average molecular weight is 364 g/mol. The molecule has 1 heterocycles. The van der Waals surface area contributed by atoms with Crippen LogP contribution in [0.2, 0.25) is 13.7 Å². The molecule has 1 aromatic heterocycles. The summed E-state index contributed by atoms with van der Waals surface area (Å²) in [6, 6.07) is 6.05. The summed E-state index contributed by atoms with van der Waals surface area (Å²) in [5.41, 5.74) is 0.959. The third-order valence-corrected chi connectivity index (χ3v) is 4.42. The fourth-order valence-electron chi connectivity index (χ4n) is 1.59. The second-order valence-electron chi connectivity index (χ2n) is 3.97. The van der Waals surface area contributed by atoms with Crippen molar-refractivity contribution in [2.75, 3.05) is 12.4 Å². The summed E-state index contributed by atoms with van der Waals surface area (Å²) in [5, 5.41) is 5.42. The number of halogens is 3. The van der Waals surface area contributed by atoms with Crippen LogP contribution >= 0.6 is 46.1 Å². The Balaban J connectivity index is 2.28. The molecule has 21 heavy (non-hydrogen) atoms. The third kappa shape index (κ3) is 3.68. The standard InChI is InChI=1S/C13H9Cl3N2O2S/c1-17-12(19)6-2-3-8(14)9(4-6)18-13(20)7-5-10(15)21-11(7)16/h2-5H,1H3,(H,17,19)(H,18,20). The van der Waals surface area contributed by atoms with E-state index in [-0.39, 0.29) is 15.8 Å². The van der Waals surface area contributed by atoms with Crippen LogP contribution in [0, 0.1) is 0 Å². The first-order chi connectivity index (χ1) is 9.92. The minimum atomic E-state index is -0.445. The van der Waals surface area contributed by atoms with Gasteiger partial charge in [-0.2, -0.15) is 0 Å². The Hall–Kier alpha value is -1.27. The van der Waals surface area contributed by atoms with Crippen LogP contribution in [-0.2, 0) is 0 Å². The largest absolute Gasteiger partial charge is 0.355 e. The van der Waals surface area contributed by atoms with E-state index in [1.54, 1.807) is 6.07 Å². The number of carbonyl (C=O) groups is 2. The van der Waals surface area contributed by atoms with Crippen LogP contribution in [-0.4, -0.2) is 18.9 Å². The lowest BCUT2D eigenvalue weighted by molar-refractivity contribution is 0.0961. The molecular formula is C13H9Cl3N2O2S. The van der Waals surface area contributed by atoms with Crippen LogP contribution in [0.15, 0.2) is 24.3 Å². The SMILES string of the molecule is CNC(=O)c1ccc(Cl)c(NC(=O)c2cc(Cl)sc2Cl)c1. The molecule has 2 amide bonds. The Morgan fingerprint density at radius 1 is 1.10 bits per heavy atom. The van der Waals surface area contributed by atoms with Gasteiger partial charge in [0.15, 0.2) is 0 Å². The number of benzene rings is 1. The van der Waals surface area contributed by atoms with Crippen molar-refractivity contribution in [1.29, 1.82) is 0 Å². The molecular weight excluding hydrogens is 355 g/mol. The molecule has 0 saturated carbocycles. The summed E-state index contributed by atoms with van der Waals surface area (Å²) in [6.07, 6.45) is 0. The van der Waals surface area contributed by atoms with Crippen molar-refractivity contribution in [3.63, 3.8) is 0 Å². The van der Waals surface area contributed by atoms with Crippen molar-refractivity contribution in [3.8, 4) is 0 Å². The Bertz CT molecular complexity index is 715. The van der Waals surface area contributed by atoms with E-state index in [9.17, 15) is 9.59 Å². The second-order valence-corrected chi connectivity index (χ2v) is 6.66. The molecule has 4 nitrogen and oxygen atoms in total. The van der Waals surface area contributed by atoms with E-state index in [0.717, 1.165) is 11.3 Å². The highest BCUT2D eigenvalue weighted by molar-refractivity contribution is 7.20. The number of thiophene rings is 1. The molecule has 0 spiro atoms. The van der Waals surface area contributed by atoms with Gasteiger partial charge in [0.25, 0.3) is 11.8 Å². The summed E-state index contributed by atoms with van der Waals surface area (Å²) in [4.78, 5) is 23.7. The average Bonchev–Trinajstić information content (AvgIpc) is 2.79. The Morgan fingerprint density at radius 3 is 2.38 bits per heavy atom. The molecule has 0 aliphatic rings. The first kappa shape index (κ1) is 16.1. The monoisotopic (exact) mass is 362 g/mol. The zero-order valence-corrected chi connectivity index (χ0v) is 13.8. The van der Waals surface area contributed by atoms with E-state index in [2.05, 4.69) is 10.6 Å². The van der Waals surface area contributed by atoms with Crippen molar-refractivity contribution in [3.05, 3.63) is 49.1 Å². The van der Waals surface area contributed by atoms with Crippen molar-refractivity contribution in [1.82, 2.24) is 5.32 Å². The molecule has 0 saturated heterocycles. The van der Waals surface area contributed by atoms with Gasteiger partial charge in [-0.25, -0.2) is 0 Å². The summed E-state index contributed by atoms with van der Waals surface area (Å²) in [5.74, 6) is -0.724. The van der Waals surface area contributed by atoms with Gasteiger partial charge in [0.2, 0.25) is 0 Å². The summed E-state index contributed by atoms with van der Waals surface area (Å²) in [7, 11) is 1.52. The Morgan fingerprint density at radius 2 is 1.81 bits per heavy atom. The van der Waals surface area contributed by atoms with Gasteiger partial charge >= 0.3 is 0 Å². The van der Waals surface area contributed by atoms with Gasteiger partial charge in [0, 0.05) is 12.6 Å². The van der Waals surface area contributed by atoms with Gasteiger partial charge in [-0.3, -0.25) is 9.59 Å². The maximum absolute atomic E-state index is 12.1. The Kier molecular flexibility index (Phi) is 5.11. The summed E-state index contributed by atoms with van der Waals surface area (Å²) >= 11 is 18.8. The molecule has 0 radical (unpaired) electrons. The van der Waals surface area contributed by atoms with E-state index in [1.807, 2.05) is 0 Å². The van der Waals surface area contributed by atoms with Gasteiger partial charge < -0.3 is 10.6 Å². The van der Waals surface area contributed by atoms with Crippen LogP contribution in [0.25, 0.3) is 0 Å². The van der Waals surface area contributed by atoms with Crippen molar-refractivity contribution < 1.29 is 9.59 Å². The van der Waals surface area contributed by atoms with E-state index in [1.165, 1.54) is 25.2 Å². The first-order valence-corrected chi connectivity index (χ1v) is 7.65. The smallest absolute Gasteiger partial charge is 0.258 e. The lowest BCUT2D eigenvalue weighted by Gasteiger charge is -2.08. The molecule has 2 rings (SSSR count). The molecule has 0 unspecified atom stereocenters. The molecule has 8 heteroatoms. The number of carbonyl (C=O) groups excluding carboxylic acids is 2. The molecule has 0 aliphatic carbocycles. The molecule has 0 atom stereocenters. The molecule has 2 aromatic rings. The molecule has 0 bridgehead atoms. The van der Waals surface area contributed by atoms with Crippen LogP contribution in [0.1, 0.15) is 20.7 Å². The number of amides is 2. The highest BCUT2D eigenvalue weighted by Gasteiger charge is 2.16. The summed E-state index contributed by atoms with van der Waals surface area (Å²) in [6.45, 7) is 0. The van der Waals surface area contributed by atoms with Gasteiger partial charge in [-0.05, 0) is 24.3 Å². The van der Waals surface area contributed by atoms with Gasteiger partial charge in [-0.15, -0.1) is 11.3 Å². The topological polar surface area (TPSA) is 58.2 Å². The van der Waals surface area contributed by atoms with Crippen LogP contribution < -0.4 is 10.6 Å². The molecule has 0 aliphatic heterocycles. The maximum Gasteiger partial charge on any atom is 0.258 e. The molecule has 0 fully saturated rings. The fourth-order valence-corrected chi connectivity index (χ4v) is 3.21. The quantitative estimate of drug-likeness (QED) is 0.853. The van der Waals surface area contributed by atoms with E-state index < -0.39 is 5.91 Å². The predicted octanol–water partition coefficient (Wildman–Crippen LogP) is 4.32. The lowest BCUT2D eigenvalue weighted by Crippen LogP contribution is -2.18. The normalized spacial score (nSPS) is 10.3. The van der Waals surface area contributed by atoms with Crippen molar-refractivity contribution >= 4 is 63.6 Å². The summed E-state index contributed by atoms with van der Waals surface area (Å²) < 4.78 is 0.700. The van der Waals surface area contributed by atoms with Crippen LogP contribution in [0.4, 0.5) is 5.69 Å². The first-order valence-electron chi connectivity index (χ1n) is 5.70. The van der Waals surface area contributed by atoms with Crippen molar-refractivity contribution in [2.45, 2.75) is 0 Å². The number of hydrogen-bond donors (Lipinski definition) is 2.